The molecule has 102 valence electrons. The maximum Gasteiger partial charge on any atom is 0.339 e. The van der Waals surface area contributed by atoms with E-state index in [1.165, 1.54) is 6.20 Å². The van der Waals surface area contributed by atoms with Gasteiger partial charge in [0, 0.05) is 18.8 Å². The lowest BCUT2D eigenvalue weighted by atomic mass is 10.3. The van der Waals surface area contributed by atoms with Crippen LogP contribution in [0.5, 0.6) is 5.88 Å². The van der Waals surface area contributed by atoms with Crippen LogP contribution in [0.1, 0.15) is 16.8 Å². The Balaban J connectivity index is 2.08. The van der Waals surface area contributed by atoms with Crippen LogP contribution in [0.4, 0.5) is 0 Å². The first-order chi connectivity index (χ1) is 9.08. The van der Waals surface area contributed by atoms with Crippen molar-refractivity contribution < 1.29 is 14.6 Å². The molecule has 2 heterocycles. The largest absolute Gasteiger partial charge is 0.478 e. The molecule has 2 N–H and O–H groups in total. The first-order valence-corrected chi connectivity index (χ1v) is 6.07. The van der Waals surface area contributed by atoms with Crippen LogP contribution < -0.4 is 4.74 Å². The fourth-order valence-corrected chi connectivity index (χ4v) is 1.78. The van der Waals surface area contributed by atoms with Crippen molar-refractivity contribution in [2.45, 2.75) is 6.42 Å². The second-order valence-corrected chi connectivity index (χ2v) is 4.56. The third-order valence-electron chi connectivity index (χ3n) is 2.73. The number of H-pyrrole nitrogens is 1. The van der Waals surface area contributed by atoms with Crippen molar-refractivity contribution in [3.05, 3.63) is 23.9 Å². The number of rotatable bonds is 6. The topological polar surface area (TPSA) is 78.5 Å². The molecule has 2 rings (SSSR count). The fraction of sp³-hybridized carbons (Fsp3) is 0.385. The number of aromatic amines is 1. The average Bonchev–Trinajstić information content (AvgIpc) is 2.77. The highest BCUT2D eigenvalue weighted by Crippen LogP contribution is 2.19. The maximum atomic E-state index is 11.0. The fourth-order valence-electron chi connectivity index (χ4n) is 1.78. The van der Waals surface area contributed by atoms with Crippen LogP contribution >= 0.6 is 0 Å². The van der Waals surface area contributed by atoms with Gasteiger partial charge in [-0.05, 0) is 26.6 Å². The van der Waals surface area contributed by atoms with Crippen molar-refractivity contribution in [1.29, 1.82) is 0 Å². The van der Waals surface area contributed by atoms with Crippen LogP contribution in [0.3, 0.4) is 0 Å². The molecule has 0 aromatic carbocycles. The summed E-state index contributed by atoms with van der Waals surface area (Å²) in [6, 6.07) is 3.51. The zero-order valence-electron chi connectivity index (χ0n) is 11.0. The summed E-state index contributed by atoms with van der Waals surface area (Å²) in [4.78, 5) is 20.2. The molecular formula is C13H17N3O3. The summed E-state index contributed by atoms with van der Waals surface area (Å²) in [6.45, 7) is 1.50. The van der Waals surface area contributed by atoms with Gasteiger partial charge in [-0.25, -0.2) is 9.78 Å². The molecule has 0 aliphatic heterocycles. The quantitative estimate of drug-likeness (QED) is 0.774. The molecule has 6 heteroatoms. The smallest absolute Gasteiger partial charge is 0.339 e. The van der Waals surface area contributed by atoms with Crippen LogP contribution in [0.2, 0.25) is 0 Å². The summed E-state index contributed by atoms with van der Waals surface area (Å²) in [5, 5.41) is 9.03. The number of nitrogens with zero attached hydrogens (tertiary/aromatic N) is 2. The zero-order valence-corrected chi connectivity index (χ0v) is 11.0. The standard InChI is InChI=1S/C13H17N3O3/c1-16(2)6-3-7-19-11-5-4-10-12(15-11)9(8-14-10)13(17)18/h4-5,8,14H,3,6-7H2,1-2H3,(H,17,18). The van der Waals surface area contributed by atoms with E-state index in [9.17, 15) is 4.79 Å². The van der Waals surface area contributed by atoms with Crippen LogP contribution in [-0.4, -0.2) is 53.2 Å². The van der Waals surface area contributed by atoms with Crippen molar-refractivity contribution in [3.8, 4) is 5.88 Å². The molecular weight excluding hydrogens is 246 g/mol. The number of carboxylic acid groups (broad SMARTS) is 1. The normalized spacial score (nSPS) is 11.1. The summed E-state index contributed by atoms with van der Waals surface area (Å²) < 4.78 is 5.52. The third-order valence-corrected chi connectivity index (χ3v) is 2.73. The van der Waals surface area contributed by atoms with Crippen LogP contribution in [0.15, 0.2) is 18.3 Å². The van der Waals surface area contributed by atoms with Gasteiger partial charge in [-0.1, -0.05) is 0 Å². The lowest BCUT2D eigenvalue weighted by Crippen LogP contribution is -2.15. The van der Waals surface area contributed by atoms with E-state index >= 15 is 0 Å². The minimum Gasteiger partial charge on any atom is -0.478 e. The van der Waals surface area contributed by atoms with Gasteiger partial charge in [0.15, 0.2) is 0 Å². The molecule has 0 bridgehead atoms. The van der Waals surface area contributed by atoms with Crippen molar-refractivity contribution in [2.75, 3.05) is 27.2 Å². The number of pyridine rings is 1. The van der Waals surface area contributed by atoms with Gasteiger partial charge in [-0.2, -0.15) is 0 Å². The van der Waals surface area contributed by atoms with Gasteiger partial charge in [-0.3, -0.25) is 0 Å². The van der Waals surface area contributed by atoms with E-state index in [0.29, 0.717) is 23.5 Å². The molecule has 19 heavy (non-hydrogen) atoms. The Kier molecular flexibility index (Phi) is 4.01. The van der Waals surface area contributed by atoms with Crippen molar-refractivity contribution >= 4 is 17.0 Å². The molecule has 0 radical (unpaired) electrons. The van der Waals surface area contributed by atoms with Crippen molar-refractivity contribution in [1.82, 2.24) is 14.9 Å². The Labute approximate surface area is 111 Å². The molecule has 0 spiro atoms. The molecule has 0 atom stereocenters. The number of aromatic nitrogens is 2. The van der Waals surface area contributed by atoms with Gasteiger partial charge in [-0.15, -0.1) is 0 Å². The lowest BCUT2D eigenvalue weighted by Gasteiger charge is -2.09. The van der Waals surface area contributed by atoms with Gasteiger partial charge in [0.1, 0.15) is 11.1 Å². The highest BCUT2D eigenvalue weighted by Gasteiger charge is 2.12. The van der Waals surface area contributed by atoms with Crippen molar-refractivity contribution in [3.63, 3.8) is 0 Å². The second kappa shape index (κ2) is 5.71. The number of hydrogen-bond donors (Lipinski definition) is 2. The highest BCUT2D eigenvalue weighted by molar-refractivity contribution is 6.01. The molecule has 6 nitrogen and oxygen atoms in total. The second-order valence-electron chi connectivity index (χ2n) is 4.56. The van der Waals surface area contributed by atoms with Gasteiger partial charge < -0.3 is 19.7 Å². The van der Waals surface area contributed by atoms with E-state index < -0.39 is 5.97 Å². The molecule has 0 aliphatic rings. The number of ether oxygens (including phenoxy) is 1. The Hall–Kier alpha value is -2.08. The Bertz CT molecular complexity index is 578. The summed E-state index contributed by atoms with van der Waals surface area (Å²) >= 11 is 0. The summed E-state index contributed by atoms with van der Waals surface area (Å²) in [7, 11) is 4.01. The Morgan fingerprint density at radius 1 is 1.47 bits per heavy atom. The van der Waals surface area contributed by atoms with E-state index in [1.54, 1.807) is 12.1 Å². The maximum absolute atomic E-state index is 11.0. The van der Waals surface area contributed by atoms with E-state index in [-0.39, 0.29) is 5.56 Å². The number of carboxylic acids is 1. The molecule has 2 aromatic rings. The third kappa shape index (κ3) is 3.23. The highest BCUT2D eigenvalue weighted by atomic mass is 16.5. The predicted octanol–water partition coefficient (Wildman–Crippen LogP) is 1.59. The number of nitrogens with one attached hydrogen (secondary N) is 1. The molecule has 0 fully saturated rings. The van der Waals surface area contributed by atoms with E-state index in [2.05, 4.69) is 14.9 Å². The number of hydrogen-bond acceptors (Lipinski definition) is 4. The monoisotopic (exact) mass is 263 g/mol. The molecule has 0 unspecified atom stereocenters. The van der Waals surface area contributed by atoms with Gasteiger partial charge in [0.2, 0.25) is 5.88 Å². The van der Waals surface area contributed by atoms with Crippen LogP contribution in [0, 0.1) is 0 Å². The van der Waals surface area contributed by atoms with Gasteiger partial charge >= 0.3 is 5.97 Å². The van der Waals surface area contributed by atoms with Crippen LogP contribution in [-0.2, 0) is 0 Å². The summed E-state index contributed by atoms with van der Waals surface area (Å²) in [5.74, 6) is -0.545. The minimum atomic E-state index is -0.997. The van der Waals surface area contributed by atoms with Crippen LogP contribution in [0.25, 0.3) is 11.0 Å². The Morgan fingerprint density at radius 2 is 2.26 bits per heavy atom. The first kappa shape index (κ1) is 13.4. The molecule has 0 saturated heterocycles. The molecule has 0 aliphatic carbocycles. The summed E-state index contributed by atoms with van der Waals surface area (Å²) in [5.41, 5.74) is 1.28. The zero-order chi connectivity index (χ0) is 13.8. The number of carbonyl (C=O) groups is 1. The van der Waals surface area contributed by atoms with Gasteiger partial charge in [0.05, 0.1) is 12.1 Å². The molecule has 0 saturated carbocycles. The van der Waals surface area contributed by atoms with Gasteiger partial charge in [0.25, 0.3) is 0 Å². The predicted molar refractivity (Wildman–Crippen MR) is 71.7 cm³/mol. The van der Waals surface area contributed by atoms with E-state index in [0.717, 1.165) is 13.0 Å². The Morgan fingerprint density at radius 3 is 2.95 bits per heavy atom. The van der Waals surface area contributed by atoms with E-state index in [1.807, 2.05) is 14.1 Å². The van der Waals surface area contributed by atoms with E-state index in [4.69, 9.17) is 9.84 Å². The average molecular weight is 263 g/mol. The molecule has 2 aromatic heterocycles. The first-order valence-electron chi connectivity index (χ1n) is 6.07. The number of aromatic carboxylic acids is 1. The molecule has 0 amide bonds. The SMILES string of the molecule is CN(C)CCCOc1ccc2[nH]cc(C(=O)O)c2n1. The van der Waals surface area contributed by atoms with Crippen molar-refractivity contribution in [2.24, 2.45) is 0 Å². The summed E-state index contributed by atoms with van der Waals surface area (Å²) in [6.07, 6.45) is 2.33. The number of fused-ring (bicyclic) bond motifs is 1. The minimum absolute atomic E-state index is 0.161. The lowest BCUT2D eigenvalue weighted by molar-refractivity contribution is 0.0699.